The summed E-state index contributed by atoms with van der Waals surface area (Å²) >= 11 is 0. The molecule has 4 atom stereocenters. The van der Waals surface area contributed by atoms with E-state index in [-0.39, 0.29) is 6.10 Å². The Bertz CT molecular complexity index is 278. The second kappa shape index (κ2) is 9.12. The summed E-state index contributed by atoms with van der Waals surface area (Å²) in [5.41, 5.74) is 0. The van der Waals surface area contributed by atoms with Crippen molar-refractivity contribution in [2.24, 2.45) is 11.8 Å². The smallest absolute Gasteiger partial charge is 0.0897 e. The molecule has 0 bridgehead atoms. The third-order valence-corrected chi connectivity index (χ3v) is 5.65. The summed E-state index contributed by atoms with van der Waals surface area (Å²) < 4.78 is 6.02. The zero-order chi connectivity index (χ0) is 15.1. The van der Waals surface area contributed by atoms with Crippen LogP contribution in [-0.2, 0) is 4.74 Å². The third-order valence-electron chi connectivity index (χ3n) is 5.65. The molecular formula is C18H35NO2. The van der Waals surface area contributed by atoms with Gasteiger partial charge in [-0.2, -0.15) is 0 Å². The maximum Gasteiger partial charge on any atom is 0.0897 e. The highest BCUT2D eigenvalue weighted by molar-refractivity contribution is 4.79. The maximum absolute atomic E-state index is 10.1. The van der Waals surface area contributed by atoms with Crippen molar-refractivity contribution in [3.8, 4) is 0 Å². The monoisotopic (exact) mass is 297 g/mol. The van der Waals surface area contributed by atoms with E-state index in [9.17, 15) is 5.11 Å². The average Bonchev–Trinajstić information content (AvgIpc) is 3.05. The van der Waals surface area contributed by atoms with Gasteiger partial charge in [0.15, 0.2) is 0 Å². The fraction of sp³-hybridized carbons (Fsp3) is 1.00. The highest BCUT2D eigenvalue weighted by atomic mass is 16.5. The Morgan fingerprint density at radius 2 is 1.76 bits per heavy atom. The van der Waals surface area contributed by atoms with Gasteiger partial charge < -0.3 is 15.2 Å². The molecule has 0 aliphatic heterocycles. The van der Waals surface area contributed by atoms with Crippen LogP contribution in [0.1, 0.15) is 71.6 Å². The Kier molecular flexibility index (Phi) is 7.48. The van der Waals surface area contributed by atoms with Crippen molar-refractivity contribution in [2.75, 3.05) is 13.2 Å². The second-order valence-corrected chi connectivity index (χ2v) is 7.22. The fourth-order valence-electron chi connectivity index (χ4n) is 4.10. The maximum atomic E-state index is 10.1. The molecule has 3 unspecified atom stereocenters. The van der Waals surface area contributed by atoms with E-state index in [1.54, 1.807) is 0 Å². The molecule has 0 amide bonds. The minimum atomic E-state index is -0.367. The van der Waals surface area contributed by atoms with Gasteiger partial charge in [-0.05, 0) is 44.4 Å². The number of aliphatic hydroxyl groups excluding tert-OH is 1. The molecule has 0 saturated heterocycles. The Labute approximate surface area is 130 Å². The Morgan fingerprint density at radius 1 is 1.10 bits per heavy atom. The van der Waals surface area contributed by atoms with Crippen LogP contribution < -0.4 is 5.32 Å². The molecule has 2 aliphatic rings. The van der Waals surface area contributed by atoms with E-state index >= 15 is 0 Å². The quantitative estimate of drug-likeness (QED) is 0.720. The van der Waals surface area contributed by atoms with E-state index in [1.165, 1.54) is 57.8 Å². The standard InChI is InChI=1S/C18H35NO2/c1-3-15-8-6-7-11-18(15)21-13-17(20)12-19-14(2)16-9-4-5-10-16/h14-20H,3-13H2,1-2H3/t14-,15?,17?,18?/m1/s1. The van der Waals surface area contributed by atoms with Crippen molar-refractivity contribution in [1.82, 2.24) is 5.32 Å². The Balaban J connectivity index is 1.61. The van der Waals surface area contributed by atoms with Gasteiger partial charge in [0, 0.05) is 12.6 Å². The Hall–Kier alpha value is -0.120. The molecule has 0 aromatic heterocycles. The molecule has 2 rings (SSSR count). The molecule has 0 aromatic carbocycles. The molecule has 3 heteroatoms. The lowest BCUT2D eigenvalue weighted by atomic mass is 9.85. The van der Waals surface area contributed by atoms with Crippen LogP contribution >= 0.6 is 0 Å². The predicted octanol–water partition coefficient (Wildman–Crippen LogP) is 3.50. The summed E-state index contributed by atoms with van der Waals surface area (Å²) in [6.07, 6.45) is 11.8. The van der Waals surface area contributed by atoms with Crippen LogP contribution in [0, 0.1) is 11.8 Å². The van der Waals surface area contributed by atoms with Crippen LogP contribution in [0.15, 0.2) is 0 Å². The fourth-order valence-corrected chi connectivity index (χ4v) is 4.10. The van der Waals surface area contributed by atoms with E-state index in [0.29, 0.717) is 31.2 Å². The lowest BCUT2D eigenvalue weighted by Crippen LogP contribution is -2.40. The van der Waals surface area contributed by atoms with Crippen LogP contribution in [0.25, 0.3) is 0 Å². The molecule has 0 aromatic rings. The normalized spacial score (nSPS) is 30.4. The molecule has 0 spiro atoms. The molecule has 124 valence electrons. The van der Waals surface area contributed by atoms with Gasteiger partial charge in [-0.25, -0.2) is 0 Å². The zero-order valence-corrected chi connectivity index (χ0v) is 14.0. The van der Waals surface area contributed by atoms with Crippen molar-refractivity contribution < 1.29 is 9.84 Å². The first-order valence-electron chi connectivity index (χ1n) is 9.23. The van der Waals surface area contributed by atoms with Crippen LogP contribution in [0.4, 0.5) is 0 Å². The van der Waals surface area contributed by atoms with Gasteiger partial charge >= 0.3 is 0 Å². The molecule has 2 saturated carbocycles. The van der Waals surface area contributed by atoms with Gasteiger partial charge in [0.2, 0.25) is 0 Å². The van der Waals surface area contributed by atoms with Crippen LogP contribution in [0.3, 0.4) is 0 Å². The van der Waals surface area contributed by atoms with Gasteiger partial charge in [0.1, 0.15) is 0 Å². The summed E-state index contributed by atoms with van der Waals surface area (Å²) in [4.78, 5) is 0. The van der Waals surface area contributed by atoms with Crippen molar-refractivity contribution in [2.45, 2.75) is 89.9 Å². The molecule has 0 heterocycles. The summed E-state index contributed by atoms with van der Waals surface area (Å²) in [7, 11) is 0. The molecule has 2 aliphatic carbocycles. The number of nitrogens with one attached hydrogen (secondary N) is 1. The Morgan fingerprint density at radius 3 is 2.48 bits per heavy atom. The zero-order valence-electron chi connectivity index (χ0n) is 14.0. The van der Waals surface area contributed by atoms with Crippen molar-refractivity contribution in [3.05, 3.63) is 0 Å². The molecule has 0 radical (unpaired) electrons. The minimum Gasteiger partial charge on any atom is -0.389 e. The van der Waals surface area contributed by atoms with Gasteiger partial charge in [-0.15, -0.1) is 0 Å². The van der Waals surface area contributed by atoms with E-state index in [0.717, 1.165) is 5.92 Å². The number of hydrogen-bond donors (Lipinski definition) is 2. The van der Waals surface area contributed by atoms with E-state index in [1.807, 2.05) is 0 Å². The van der Waals surface area contributed by atoms with Gasteiger partial charge in [-0.1, -0.05) is 39.0 Å². The van der Waals surface area contributed by atoms with E-state index in [2.05, 4.69) is 19.2 Å². The number of ether oxygens (including phenoxy) is 1. The third kappa shape index (κ3) is 5.54. The predicted molar refractivity (Wildman–Crippen MR) is 87.4 cm³/mol. The first-order chi connectivity index (χ1) is 10.2. The highest BCUT2D eigenvalue weighted by Gasteiger charge is 2.25. The van der Waals surface area contributed by atoms with Crippen molar-refractivity contribution in [3.63, 3.8) is 0 Å². The van der Waals surface area contributed by atoms with Gasteiger partial charge in [0.25, 0.3) is 0 Å². The average molecular weight is 297 g/mol. The molecule has 2 N–H and O–H groups in total. The van der Waals surface area contributed by atoms with Crippen molar-refractivity contribution in [1.29, 1.82) is 0 Å². The van der Waals surface area contributed by atoms with Crippen molar-refractivity contribution >= 4 is 0 Å². The van der Waals surface area contributed by atoms with E-state index < -0.39 is 0 Å². The molecule has 21 heavy (non-hydrogen) atoms. The largest absolute Gasteiger partial charge is 0.389 e. The summed E-state index contributed by atoms with van der Waals surface area (Å²) in [5, 5.41) is 13.7. The lowest BCUT2D eigenvalue weighted by Gasteiger charge is -2.31. The highest BCUT2D eigenvalue weighted by Crippen LogP contribution is 2.29. The van der Waals surface area contributed by atoms with Gasteiger partial charge in [0.05, 0.1) is 18.8 Å². The first-order valence-corrected chi connectivity index (χ1v) is 9.23. The second-order valence-electron chi connectivity index (χ2n) is 7.22. The minimum absolute atomic E-state index is 0.367. The summed E-state index contributed by atoms with van der Waals surface area (Å²) in [6.45, 7) is 5.68. The van der Waals surface area contributed by atoms with Crippen LogP contribution in [-0.4, -0.2) is 36.5 Å². The van der Waals surface area contributed by atoms with Crippen LogP contribution in [0.5, 0.6) is 0 Å². The lowest BCUT2D eigenvalue weighted by molar-refractivity contribution is -0.0505. The SMILES string of the molecule is CCC1CCCCC1OCC(O)CN[C@H](C)C1CCCC1. The van der Waals surface area contributed by atoms with E-state index in [4.69, 9.17) is 4.74 Å². The first kappa shape index (κ1) is 17.2. The summed E-state index contributed by atoms with van der Waals surface area (Å²) in [6, 6.07) is 0.528. The topological polar surface area (TPSA) is 41.5 Å². The molecular weight excluding hydrogens is 262 g/mol. The van der Waals surface area contributed by atoms with Crippen LogP contribution in [0.2, 0.25) is 0 Å². The number of hydrogen-bond acceptors (Lipinski definition) is 3. The number of rotatable bonds is 8. The molecule has 2 fully saturated rings. The molecule has 3 nitrogen and oxygen atoms in total. The summed E-state index contributed by atoms with van der Waals surface area (Å²) in [5.74, 6) is 1.51. The number of aliphatic hydroxyl groups is 1. The van der Waals surface area contributed by atoms with Gasteiger partial charge in [-0.3, -0.25) is 0 Å².